The van der Waals surface area contributed by atoms with E-state index >= 15 is 0 Å². The summed E-state index contributed by atoms with van der Waals surface area (Å²) in [5, 5.41) is 5.70. The van der Waals surface area contributed by atoms with Crippen LogP contribution in [0.25, 0.3) is 4.96 Å². The number of hydrogen-bond donors (Lipinski definition) is 0. The number of hydrogen-bond acceptors (Lipinski definition) is 6. The Kier molecular flexibility index (Phi) is 3.81. The predicted molar refractivity (Wildman–Crippen MR) is 92.4 cm³/mol. The van der Waals surface area contributed by atoms with Crippen molar-refractivity contribution in [3.05, 3.63) is 33.2 Å². The van der Waals surface area contributed by atoms with E-state index in [1.807, 2.05) is 23.7 Å². The van der Waals surface area contributed by atoms with Crippen LogP contribution in [0.3, 0.4) is 0 Å². The van der Waals surface area contributed by atoms with E-state index in [9.17, 15) is 0 Å². The van der Waals surface area contributed by atoms with Gasteiger partial charge in [0.05, 0.1) is 16.2 Å². The van der Waals surface area contributed by atoms with Crippen molar-refractivity contribution in [1.82, 2.24) is 19.5 Å². The molecule has 0 radical (unpaired) electrons. The lowest BCUT2D eigenvalue weighted by molar-refractivity contribution is 0.251. The molecule has 5 nitrogen and oxygen atoms in total. The van der Waals surface area contributed by atoms with E-state index in [1.165, 1.54) is 4.88 Å². The molecule has 0 amide bonds. The van der Waals surface area contributed by atoms with E-state index in [2.05, 4.69) is 25.9 Å². The van der Waals surface area contributed by atoms with Crippen molar-refractivity contribution < 1.29 is 0 Å². The molecule has 4 heterocycles. The second kappa shape index (κ2) is 5.81. The number of nitrogens with zero attached hydrogens (tertiary/aromatic N) is 5. The number of imidazole rings is 1. The lowest BCUT2D eigenvalue weighted by atomic mass is 10.3. The Hall–Kier alpha value is -1.15. The topological polar surface area (TPSA) is 36.7 Å². The maximum atomic E-state index is 6.00. The van der Waals surface area contributed by atoms with Gasteiger partial charge in [-0.1, -0.05) is 22.9 Å². The Bertz CT molecular complexity index is 753. The lowest BCUT2D eigenvalue weighted by Gasteiger charge is -2.34. The molecule has 0 atom stereocenters. The van der Waals surface area contributed by atoms with Gasteiger partial charge in [0.2, 0.25) is 10.1 Å². The number of aromatic nitrogens is 3. The third-order valence-corrected chi connectivity index (χ3v) is 6.00. The minimum atomic E-state index is 0.870. The number of piperazine rings is 1. The van der Waals surface area contributed by atoms with E-state index in [0.717, 1.165) is 52.8 Å². The van der Waals surface area contributed by atoms with E-state index in [4.69, 9.17) is 11.6 Å². The average Bonchev–Trinajstić information content (AvgIpc) is 3.14. The normalized spacial score (nSPS) is 16.7. The highest BCUT2D eigenvalue weighted by molar-refractivity contribution is 7.20. The minimum Gasteiger partial charge on any atom is -0.344 e. The highest BCUT2D eigenvalue weighted by Crippen LogP contribution is 2.26. The van der Waals surface area contributed by atoms with Crippen LogP contribution < -0.4 is 4.90 Å². The van der Waals surface area contributed by atoms with Crippen molar-refractivity contribution in [1.29, 1.82) is 0 Å². The molecule has 1 saturated heterocycles. The van der Waals surface area contributed by atoms with Crippen molar-refractivity contribution in [2.24, 2.45) is 0 Å². The molecule has 22 heavy (non-hydrogen) atoms. The molecule has 0 saturated carbocycles. The molecule has 0 bridgehead atoms. The zero-order chi connectivity index (χ0) is 15.1. The summed E-state index contributed by atoms with van der Waals surface area (Å²) in [6, 6.07) is 4.10. The molecular weight excluding hydrogens is 338 g/mol. The smallest absolute Gasteiger partial charge is 0.214 e. The first kappa shape index (κ1) is 14.4. The molecule has 1 aliphatic heterocycles. The van der Waals surface area contributed by atoms with Crippen LogP contribution in [-0.4, -0.2) is 45.7 Å². The predicted octanol–water partition coefficient (Wildman–Crippen LogP) is 3.14. The van der Waals surface area contributed by atoms with Crippen LogP contribution in [0, 0.1) is 6.92 Å². The first-order valence-electron chi connectivity index (χ1n) is 7.22. The van der Waals surface area contributed by atoms with Gasteiger partial charge in [-0.3, -0.25) is 4.90 Å². The van der Waals surface area contributed by atoms with Gasteiger partial charge in [-0.05, 0) is 19.1 Å². The molecule has 1 aliphatic rings. The lowest BCUT2D eigenvalue weighted by Crippen LogP contribution is -2.45. The number of thiophene rings is 1. The zero-order valence-electron chi connectivity index (χ0n) is 12.2. The molecular formula is C14H16ClN5S2. The van der Waals surface area contributed by atoms with Gasteiger partial charge >= 0.3 is 0 Å². The van der Waals surface area contributed by atoms with Gasteiger partial charge in [0.1, 0.15) is 0 Å². The first-order chi connectivity index (χ1) is 10.7. The molecule has 3 aromatic rings. The van der Waals surface area contributed by atoms with Gasteiger partial charge in [-0.15, -0.1) is 16.4 Å². The van der Waals surface area contributed by atoms with Gasteiger partial charge in [0.25, 0.3) is 0 Å². The third-order valence-electron chi connectivity index (χ3n) is 3.80. The van der Waals surface area contributed by atoms with Crippen molar-refractivity contribution in [3.63, 3.8) is 0 Å². The van der Waals surface area contributed by atoms with E-state index < -0.39 is 0 Å². The van der Waals surface area contributed by atoms with Crippen LogP contribution in [0.1, 0.15) is 10.6 Å². The Balaban J connectivity index is 1.39. The van der Waals surface area contributed by atoms with Crippen LogP contribution in [-0.2, 0) is 6.54 Å². The molecule has 0 N–H and O–H groups in total. The van der Waals surface area contributed by atoms with Gasteiger partial charge in [0.15, 0.2) is 0 Å². The fourth-order valence-corrected chi connectivity index (χ4v) is 4.79. The summed E-state index contributed by atoms with van der Waals surface area (Å²) in [7, 11) is 0. The molecule has 0 spiro atoms. The van der Waals surface area contributed by atoms with Crippen molar-refractivity contribution in [3.8, 4) is 0 Å². The highest BCUT2D eigenvalue weighted by Gasteiger charge is 2.21. The summed E-state index contributed by atoms with van der Waals surface area (Å²) < 4.78 is 2.75. The van der Waals surface area contributed by atoms with Crippen LogP contribution >= 0.6 is 34.3 Å². The van der Waals surface area contributed by atoms with Crippen LogP contribution in [0.4, 0.5) is 5.13 Å². The van der Waals surface area contributed by atoms with Gasteiger partial charge in [-0.2, -0.15) is 0 Å². The molecule has 8 heteroatoms. The molecule has 4 rings (SSSR count). The zero-order valence-corrected chi connectivity index (χ0v) is 14.6. The monoisotopic (exact) mass is 353 g/mol. The molecule has 116 valence electrons. The third kappa shape index (κ3) is 2.86. The van der Waals surface area contributed by atoms with Crippen molar-refractivity contribution in [2.45, 2.75) is 13.5 Å². The minimum absolute atomic E-state index is 0.870. The highest BCUT2D eigenvalue weighted by atomic mass is 35.5. The van der Waals surface area contributed by atoms with E-state index in [0.29, 0.717) is 0 Å². The summed E-state index contributed by atoms with van der Waals surface area (Å²) in [5.41, 5.74) is 1.02. The van der Waals surface area contributed by atoms with Gasteiger partial charge in [0, 0.05) is 37.6 Å². The summed E-state index contributed by atoms with van der Waals surface area (Å²) in [6.07, 6.45) is 1.98. The number of anilines is 1. The SMILES string of the molecule is Cc1cn2nc(N3CCN(Cc4ccc(Cl)s4)CC3)sc2n1. The molecule has 0 aromatic carbocycles. The molecule has 0 aliphatic carbocycles. The van der Waals surface area contributed by atoms with Crippen LogP contribution in [0.2, 0.25) is 4.34 Å². The average molecular weight is 354 g/mol. The van der Waals surface area contributed by atoms with Gasteiger partial charge in [-0.25, -0.2) is 9.50 Å². The summed E-state index contributed by atoms with van der Waals surface area (Å²) in [6.45, 7) is 7.11. The number of rotatable bonds is 3. The largest absolute Gasteiger partial charge is 0.344 e. The summed E-state index contributed by atoms with van der Waals surface area (Å²) in [4.78, 5) is 11.6. The Morgan fingerprint density at radius 1 is 1.18 bits per heavy atom. The van der Waals surface area contributed by atoms with Crippen LogP contribution in [0.5, 0.6) is 0 Å². The summed E-state index contributed by atoms with van der Waals surface area (Å²) >= 11 is 9.34. The quantitative estimate of drug-likeness (QED) is 0.725. The van der Waals surface area contributed by atoms with Crippen molar-refractivity contribution in [2.75, 3.05) is 31.1 Å². The van der Waals surface area contributed by atoms with E-state index in [-0.39, 0.29) is 0 Å². The Morgan fingerprint density at radius 2 is 2.00 bits per heavy atom. The fraction of sp³-hybridized carbons (Fsp3) is 0.429. The molecule has 0 unspecified atom stereocenters. The maximum absolute atomic E-state index is 6.00. The number of aryl methyl sites for hydroxylation is 1. The van der Waals surface area contributed by atoms with Gasteiger partial charge < -0.3 is 4.90 Å². The molecule has 3 aromatic heterocycles. The summed E-state index contributed by atoms with van der Waals surface area (Å²) in [5.74, 6) is 0. The Labute approximate surface area is 141 Å². The second-order valence-electron chi connectivity index (χ2n) is 5.46. The van der Waals surface area contributed by atoms with Crippen LogP contribution in [0.15, 0.2) is 18.3 Å². The van der Waals surface area contributed by atoms with E-state index in [1.54, 1.807) is 22.7 Å². The standard InChI is InChI=1S/C14H16ClN5S2/c1-10-8-20-13(16-10)22-14(17-20)19-6-4-18(5-7-19)9-11-2-3-12(15)21-11/h2-3,8H,4-7,9H2,1H3. The number of halogens is 1. The second-order valence-corrected chi connectivity index (χ2v) is 8.20. The number of fused-ring (bicyclic) bond motifs is 1. The maximum Gasteiger partial charge on any atom is 0.214 e. The molecule has 1 fully saturated rings. The van der Waals surface area contributed by atoms with Crippen molar-refractivity contribution >= 4 is 44.4 Å². The first-order valence-corrected chi connectivity index (χ1v) is 9.23. The Morgan fingerprint density at radius 3 is 2.68 bits per heavy atom. The fourth-order valence-electron chi connectivity index (χ4n) is 2.68.